The summed E-state index contributed by atoms with van der Waals surface area (Å²) in [7, 11) is 0. The molecule has 0 radical (unpaired) electrons. The molecule has 2 heterocycles. The van der Waals surface area contributed by atoms with Gasteiger partial charge in [-0.2, -0.15) is 0 Å². The van der Waals surface area contributed by atoms with E-state index < -0.39 is 0 Å². The normalized spacial score (nSPS) is 30.8. The molecule has 1 aromatic rings. The number of aliphatic hydroxyl groups is 1. The Bertz CT molecular complexity index is 669. The van der Waals surface area contributed by atoms with E-state index in [9.17, 15) is 9.90 Å². The van der Waals surface area contributed by atoms with Crippen molar-refractivity contribution >= 4 is 11.6 Å². The van der Waals surface area contributed by atoms with E-state index in [1.807, 2.05) is 29.2 Å². The van der Waals surface area contributed by atoms with Crippen LogP contribution < -0.4 is 4.90 Å². The highest BCUT2D eigenvalue weighted by molar-refractivity contribution is 6.00. The zero-order valence-corrected chi connectivity index (χ0v) is 15.2. The van der Waals surface area contributed by atoms with E-state index in [1.54, 1.807) is 0 Å². The van der Waals surface area contributed by atoms with E-state index in [1.165, 1.54) is 0 Å². The van der Waals surface area contributed by atoms with Crippen LogP contribution in [-0.2, 0) is 4.74 Å². The minimum Gasteiger partial charge on any atom is -0.396 e. The van der Waals surface area contributed by atoms with Crippen LogP contribution in [0.25, 0.3) is 0 Å². The number of morpholine rings is 1. The molecule has 2 aliphatic heterocycles. The lowest BCUT2D eigenvalue weighted by Gasteiger charge is -2.55. The van der Waals surface area contributed by atoms with Gasteiger partial charge in [-0.3, -0.25) is 4.79 Å². The number of hydrogen-bond acceptors (Lipinski definition) is 4. The smallest absolute Gasteiger partial charge is 0.255 e. The molecule has 3 fully saturated rings. The first-order valence-electron chi connectivity index (χ1n) is 9.29. The Labute approximate surface area is 149 Å². The van der Waals surface area contributed by atoms with Gasteiger partial charge in [-0.1, -0.05) is 26.0 Å². The summed E-state index contributed by atoms with van der Waals surface area (Å²) in [6.07, 6.45) is 0.996. The third-order valence-corrected chi connectivity index (χ3v) is 6.49. The van der Waals surface area contributed by atoms with Crippen LogP contribution in [0.2, 0.25) is 0 Å². The van der Waals surface area contributed by atoms with Crippen LogP contribution in [0.15, 0.2) is 24.3 Å². The zero-order chi connectivity index (χ0) is 17.7. The van der Waals surface area contributed by atoms with Crippen molar-refractivity contribution in [3.05, 3.63) is 29.8 Å². The fraction of sp³-hybridized carbons (Fsp3) is 0.650. The Kier molecular flexibility index (Phi) is 4.04. The third kappa shape index (κ3) is 2.64. The van der Waals surface area contributed by atoms with E-state index >= 15 is 0 Å². The fourth-order valence-corrected chi connectivity index (χ4v) is 5.40. The van der Waals surface area contributed by atoms with Crippen LogP contribution in [0, 0.1) is 16.7 Å². The van der Waals surface area contributed by atoms with Crippen molar-refractivity contribution in [2.75, 3.05) is 50.9 Å². The second-order valence-corrected chi connectivity index (χ2v) is 8.54. The summed E-state index contributed by atoms with van der Waals surface area (Å²) in [5.74, 6) is 0.490. The van der Waals surface area contributed by atoms with Crippen molar-refractivity contribution in [1.82, 2.24) is 4.90 Å². The molecule has 1 aliphatic carbocycles. The van der Waals surface area contributed by atoms with Gasteiger partial charge in [0.2, 0.25) is 0 Å². The molecule has 0 aromatic heterocycles. The van der Waals surface area contributed by atoms with Gasteiger partial charge in [0, 0.05) is 37.3 Å². The van der Waals surface area contributed by atoms with Crippen molar-refractivity contribution < 1.29 is 14.6 Å². The van der Waals surface area contributed by atoms with E-state index in [0.29, 0.717) is 25.7 Å². The van der Waals surface area contributed by atoms with Gasteiger partial charge in [0.1, 0.15) is 0 Å². The van der Waals surface area contributed by atoms with Crippen molar-refractivity contribution in [1.29, 1.82) is 0 Å². The van der Waals surface area contributed by atoms with E-state index in [-0.39, 0.29) is 23.3 Å². The van der Waals surface area contributed by atoms with Gasteiger partial charge < -0.3 is 19.6 Å². The van der Waals surface area contributed by atoms with Gasteiger partial charge in [0.05, 0.1) is 25.4 Å². The van der Waals surface area contributed by atoms with Gasteiger partial charge in [0.25, 0.3) is 5.91 Å². The first kappa shape index (κ1) is 16.9. The average molecular weight is 344 g/mol. The summed E-state index contributed by atoms with van der Waals surface area (Å²) in [6.45, 7) is 9.16. The molecule has 4 rings (SSSR count). The molecule has 1 amide bonds. The Morgan fingerprint density at radius 1 is 1.28 bits per heavy atom. The number of benzene rings is 1. The molecule has 0 bridgehead atoms. The minimum atomic E-state index is -0.0902. The Hall–Kier alpha value is -1.59. The number of fused-ring (bicyclic) bond motifs is 1. The molecule has 3 aliphatic rings. The van der Waals surface area contributed by atoms with Crippen molar-refractivity contribution in [2.24, 2.45) is 16.7 Å². The SMILES string of the molecule is CC1(C)C[C@]2(CO)CN(C(=O)c3ccccc3N3CCOCC3)C[C@H]12. The number of likely N-dealkylation sites (tertiary alicyclic amines) is 1. The first-order chi connectivity index (χ1) is 12.0. The molecule has 0 unspecified atom stereocenters. The molecule has 1 saturated carbocycles. The molecule has 136 valence electrons. The lowest BCUT2D eigenvalue weighted by molar-refractivity contribution is -0.0976. The highest BCUT2D eigenvalue weighted by Gasteiger charge is 2.63. The maximum atomic E-state index is 13.3. The highest BCUT2D eigenvalue weighted by atomic mass is 16.5. The van der Waals surface area contributed by atoms with Crippen molar-refractivity contribution in [3.8, 4) is 0 Å². The monoisotopic (exact) mass is 344 g/mol. The van der Waals surface area contributed by atoms with Crippen LogP contribution in [0.3, 0.4) is 0 Å². The predicted octanol–water partition coefficient (Wildman–Crippen LogP) is 2.00. The average Bonchev–Trinajstić information content (AvgIpc) is 2.97. The Balaban J connectivity index is 1.58. The summed E-state index contributed by atoms with van der Waals surface area (Å²) in [5.41, 5.74) is 1.90. The summed E-state index contributed by atoms with van der Waals surface area (Å²) < 4.78 is 5.44. The molecule has 25 heavy (non-hydrogen) atoms. The quantitative estimate of drug-likeness (QED) is 0.911. The van der Waals surface area contributed by atoms with Crippen LogP contribution in [0.5, 0.6) is 0 Å². The largest absolute Gasteiger partial charge is 0.396 e. The predicted molar refractivity (Wildman–Crippen MR) is 96.8 cm³/mol. The third-order valence-electron chi connectivity index (χ3n) is 6.49. The summed E-state index contributed by atoms with van der Waals surface area (Å²) in [5, 5.41) is 9.95. The molecule has 2 saturated heterocycles. The van der Waals surface area contributed by atoms with Gasteiger partial charge in [-0.05, 0) is 29.9 Å². The van der Waals surface area contributed by atoms with Gasteiger partial charge >= 0.3 is 0 Å². The fourth-order valence-electron chi connectivity index (χ4n) is 5.40. The zero-order valence-electron chi connectivity index (χ0n) is 15.2. The van der Waals surface area contributed by atoms with Gasteiger partial charge in [-0.25, -0.2) is 0 Å². The number of nitrogens with zero attached hydrogens (tertiary/aromatic N) is 2. The summed E-state index contributed by atoms with van der Waals surface area (Å²) in [4.78, 5) is 17.5. The molecular weight excluding hydrogens is 316 g/mol. The number of hydrogen-bond donors (Lipinski definition) is 1. The second-order valence-electron chi connectivity index (χ2n) is 8.54. The number of anilines is 1. The van der Waals surface area contributed by atoms with Crippen LogP contribution in [0.1, 0.15) is 30.6 Å². The number of rotatable bonds is 3. The topological polar surface area (TPSA) is 53.0 Å². The molecule has 2 atom stereocenters. The number of ether oxygens (including phenoxy) is 1. The summed E-state index contributed by atoms with van der Waals surface area (Å²) in [6, 6.07) is 7.90. The first-order valence-corrected chi connectivity index (χ1v) is 9.29. The lowest BCUT2D eigenvalue weighted by Crippen LogP contribution is -2.54. The van der Waals surface area contributed by atoms with E-state index in [4.69, 9.17) is 4.74 Å². The van der Waals surface area contributed by atoms with Gasteiger partial charge in [0.15, 0.2) is 0 Å². The molecule has 5 nitrogen and oxygen atoms in total. The number of para-hydroxylation sites is 1. The second kappa shape index (κ2) is 5.99. The molecule has 5 heteroatoms. The van der Waals surface area contributed by atoms with Crippen LogP contribution in [0.4, 0.5) is 5.69 Å². The van der Waals surface area contributed by atoms with Gasteiger partial charge in [-0.15, -0.1) is 0 Å². The molecule has 1 aromatic carbocycles. The standard InChI is InChI=1S/C20H28N2O3/c1-19(2)12-20(14-23)13-22(11-17(19)20)18(24)15-5-3-4-6-16(15)21-7-9-25-10-8-21/h3-6,17,23H,7-14H2,1-2H3/t17-,20-/m1/s1. The number of carbonyl (C=O) groups is 1. The van der Waals surface area contributed by atoms with E-state index in [2.05, 4.69) is 18.7 Å². The minimum absolute atomic E-state index is 0.0902. The highest BCUT2D eigenvalue weighted by Crippen LogP contribution is 2.62. The Morgan fingerprint density at radius 3 is 2.64 bits per heavy atom. The maximum absolute atomic E-state index is 13.3. The molecule has 1 N–H and O–H groups in total. The summed E-state index contributed by atoms with van der Waals surface area (Å²) >= 11 is 0. The van der Waals surface area contributed by atoms with Crippen LogP contribution >= 0.6 is 0 Å². The lowest BCUT2D eigenvalue weighted by atomic mass is 9.48. The number of carbonyl (C=O) groups excluding carboxylic acids is 1. The van der Waals surface area contributed by atoms with Crippen LogP contribution in [-0.4, -0.2) is 61.9 Å². The molecule has 0 spiro atoms. The van der Waals surface area contributed by atoms with E-state index in [0.717, 1.165) is 37.3 Å². The maximum Gasteiger partial charge on any atom is 0.255 e. The Morgan fingerprint density at radius 2 is 2.00 bits per heavy atom. The van der Waals surface area contributed by atoms with Crippen molar-refractivity contribution in [3.63, 3.8) is 0 Å². The number of amides is 1. The molecular formula is C20H28N2O3. The number of aliphatic hydroxyl groups excluding tert-OH is 1. The van der Waals surface area contributed by atoms with Crippen molar-refractivity contribution in [2.45, 2.75) is 20.3 Å².